The molecule has 2 heterocycles. The van der Waals surface area contributed by atoms with E-state index in [0.29, 0.717) is 16.2 Å². The van der Waals surface area contributed by atoms with Crippen LogP contribution in [0.5, 0.6) is 0 Å². The monoisotopic (exact) mass is 407 g/mol. The van der Waals surface area contributed by atoms with Crippen molar-refractivity contribution in [3.8, 4) is 0 Å². The van der Waals surface area contributed by atoms with Crippen molar-refractivity contribution in [2.24, 2.45) is 0 Å². The normalized spacial score (nSPS) is 11.9. The number of anilines is 1. The van der Waals surface area contributed by atoms with Crippen LogP contribution in [0.15, 0.2) is 71.9 Å². The van der Waals surface area contributed by atoms with Gasteiger partial charge in [-0.3, -0.25) is 19.9 Å². The lowest BCUT2D eigenvalue weighted by Gasteiger charge is -2.20. The van der Waals surface area contributed by atoms with E-state index in [-0.39, 0.29) is 16.8 Å². The van der Waals surface area contributed by atoms with E-state index in [2.05, 4.69) is 20.3 Å². The Morgan fingerprint density at radius 1 is 1.10 bits per heavy atom. The van der Waals surface area contributed by atoms with Gasteiger partial charge in [0.05, 0.1) is 33.9 Å². The molecule has 0 aliphatic rings. The average molecular weight is 408 g/mol. The van der Waals surface area contributed by atoms with E-state index >= 15 is 0 Å². The van der Waals surface area contributed by atoms with Crippen LogP contribution in [0.3, 0.4) is 0 Å². The molecule has 0 amide bonds. The van der Waals surface area contributed by atoms with Crippen LogP contribution in [-0.2, 0) is 0 Å². The second-order valence-electron chi connectivity index (χ2n) is 6.26. The maximum atomic E-state index is 12.0. The van der Waals surface area contributed by atoms with Crippen LogP contribution in [-0.4, -0.2) is 19.9 Å². The van der Waals surface area contributed by atoms with Crippen LogP contribution in [0.4, 0.5) is 11.4 Å². The van der Waals surface area contributed by atoms with Crippen LogP contribution >= 0.6 is 11.6 Å². The number of nitrogens with one attached hydrogen (secondary N) is 2. The molecule has 0 radical (unpaired) electrons. The van der Waals surface area contributed by atoms with Crippen molar-refractivity contribution in [3.63, 3.8) is 0 Å². The van der Waals surface area contributed by atoms with Gasteiger partial charge in [-0.2, -0.15) is 0 Å². The second-order valence-corrected chi connectivity index (χ2v) is 6.70. The van der Waals surface area contributed by atoms with Gasteiger partial charge in [0.2, 0.25) is 0 Å². The predicted octanol–water partition coefficient (Wildman–Crippen LogP) is 4.08. The molecule has 0 saturated carbocycles. The number of pyridine rings is 1. The Hall–Kier alpha value is -3.78. The number of halogens is 1. The molecule has 0 saturated heterocycles. The van der Waals surface area contributed by atoms with Crippen LogP contribution in [0, 0.1) is 10.1 Å². The van der Waals surface area contributed by atoms with Gasteiger partial charge in [0.1, 0.15) is 5.69 Å². The SMILES string of the molecule is O=c1[nH]cnc2cc(NC(c3cccc(Cl)c3)c3ccccn3)c([N+](=O)[O-])cc12. The predicted molar refractivity (Wildman–Crippen MR) is 110 cm³/mol. The Morgan fingerprint density at radius 3 is 2.69 bits per heavy atom. The molecule has 29 heavy (non-hydrogen) atoms. The fourth-order valence-corrected chi connectivity index (χ4v) is 3.29. The molecule has 0 spiro atoms. The van der Waals surface area contributed by atoms with E-state index in [0.717, 1.165) is 5.56 Å². The summed E-state index contributed by atoms with van der Waals surface area (Å²) < 4.78 is 0. The minimum atomic E-state index is -0.540. The average Bonchev–Trinajstić information content (AvgIpc) is 2.72. The minimum absolute atomic E-state index is 0.141. The summed E-state index contributed by atoms with van der Waals surface area (Å²) in [4.78, 5) is 34.1. The van der Waals surface area contributed by atoms with Crippen molar-refractivity contribution >= 4 is 33.9 Å². The van der Waals surface area contributed by atoms with Gasteiger partial charge >= 0.3 is 0 Å². The zero-order valence-corrected chi connectivity index (χ0v) is 15.6. The largest absolute Gasteiger partial charge is 0.367 e. The number of aromatic nitrogens is 3. The fraction of sp³-hybridized carbons (Fsp3) is 0.0500. The summed E-state index contributed by atoms with van der Waals surface area (Å²) in [7, 11) is 0. The number of benzene rings is 2. The number of nitrogens with zero attached hydrogens (tertiary/aromatic N) is 3. The third-order valence-corrected chi connectivity index (χ3v) is 4.66. The van der Waals surface area contributed by atoms with Crippen molar-refractivity contribution in [2.75, 3.05) is 5.32 Å². The van der Waals surface area contributed by atoms with Gasteiger partial charge < -0.3 is 10.3 Å². The Bertz CT molecular complexity index is 1260. The summed E-state index contributed by atoms with van der Waals surface area (Å²) in [5.74, 6) is 0. The number of hydrogen-bond acceptors (Lipinski definition) is 6. The molecule has 4 rings (SSSR count). The van der Waals surface area contributed by atoms with Crippen LogP contribution < -0.4 is 10.9 Å². The third-order valence-electron chi connectivity index (χ3n) is 4.42. The van der Waals surface area contributed by atoms with Gasteiger partial charge in [0, 0.05) is 17.3 Å². The summed E-state index contributed by atoms with van der Waals surface area (Å²) in [6.45, 7) is 0. The summed E-state index contributed by atoms with van der Waals surface area (Å²) in [5.41, 5.74) is 1.32. The maximum Gasteiger partial charge on any atom is 0.293 e. The molecule has 2 aromatic carbocycles. The van der Waals surface area contributed by atoms with Crippen LogP contribution in [0.25, 0.3) is 10.9 Å². The first-order valence-electron chi connectivity index (χ1n) is 8.61. The second kappa shape index (κ2) is 7.69. The molecule has 0 fully saturated rings. The summed E-state index contributed by atoms with van der Waals surface area (Å²) in [6, 6.07) is 14.8. The van der Waals surface area contributed by atoms with E-state index in [1.165, 1.54) is 18.5 Å². The van der Waals surface area contributed by atoms with Gasteiger partial charge in [0.15, 0.2) is 0 Å². The van der Waals surface area contributed by atoms with Crippen molar-refractivity contribution < 1.29 is 4.92 Å². The number of nitro benzene ring substituents is 1. The minimum Gasteiger partial charge on any atom is -0.367 e. The molecule has 2 N–H and O–H groups in total. The van der Waals surface area contributed by atoms with Gasteiger partial charge in [-0.25, -0.2) is 4.98 Å². The zero-order valence-electron chi connectivity index (χ0n) is 14.9. The molecular formula is C20H14ClN5O3. The molecule has 1 unspecified atom stereocenters. The molecule has 8 nitrogen and oxygen atoms in total. The fourth-order valence-electron chi connectivity index (χ4n) is 3.09. The Labute approximate surface area is 169 Å². The quantitative estimate of drug-likeness (QED) is 0.380. The Balaban J connectivity index is 1.88. The highest BCUT2D eigenvalue weighted by molar-refractivity contribution is 6.30. The van der Waals surface area contributed by atoms with Crippen molar-refractivity contribution in [3.05, 3.63) is 104 Å². The summed E-state index contributed by atoms with van der Waals surface area (Å²) >= 11 is 6.15. The van der Waals surface area contributed by atoms with E-state index in [9.17, 15) is 14.9 Å². The molecule has 0 aliphatic heterocycles. The highest BCUT2D eigenvalue weighted by Crippen LogP contribution is 2.33. The van der Waals surface area contributed by atoms with Crippen molar-refractivity contribution in [1.82, 2.24) is 15.0 Å². The summed E-state index contributed by atoms with van der Waals surface area (Å²) in [5, 5.41) is 15.5. The zero-order chi connectivity index (χ0) is 20.4. The van der Waals surface area contributed by atoms with E-state index in [4.69, 9.17) is 11.6 Å². The lowest BCUT2D eigenvalue weighted by atomic mass is 10.0. The van der Waals surface area contributed by atoms with Gasteiger partial charge in [0.25, 0.3) is 11.2 Å². The highest BCUT2D eigenvalue weighted by atomic mass is 35.5. The van der Waals surface area contributed by atoms with Crippen LogP contribution in [0.2, 0.25) is 5.02 Å². The summed E-state index contributed by atoms with van der Waals surface area (Å²) in [6.07, 6.45) is 2.90. The number of H-pyrrole nitrogens is 1. The van der Waals surface area contributed by atoms with Crippen molar-refractivity contribution in [1.29, 1.82) is 0 Å². The number of hydrogen-bond donors (Lipinski definition) is 2. The molecule has 1 atom stereocenters. The van der Waals surface area contributed by atoms with E-state index < -0.39 is 16.5 Å². The smallest absolute Gasteiger partial charge is 0.293 e. The molecule has 4 aromatic rings. The molecule has 0 bridgehead atoms. The Morgan fingerprint density at radius 2 is 1.97 bits per heavy atom. The number of nitro groups is 1. The molecule has 0 aliphatic carbocycles. The maximum absolute atomic E-state index is 12.0. The van der Waals surface area contributed by atoms with E-state index in [1.807, 2.05) is 18.2 Å². The Kier molecular flexibility index (Phi) is 4.92. The molecule has 144 valence electrons. The topological polar surface area (TPSA) is 114 Å². The highest BCUT2D eigenvalue weighted by Gasteiger charge is 2.22. The lowest BCUT2D eigenvalue weighted by Crippen LogP contribution is -2.15. The van der Waals surface area contributed by atoms with Gasteiger partial charge in [-0.1, -0.05) is 29.8 Å². The molecular weight excluding hydrogens is 394 g/mol. The number of fused-ring (bicyclic) bond motifs is 1. The number of aromatic amines is 1. The third kappa shape index (κ3) is 3.78. The van der Waals surface area contributed by atoms with Crippen molar-refractivity contribution in [2.45, 2.75) is 6.04 Å². The first-order valence-corrected chi connectivity index (χ1v) is 8.99. The number of rotatable bonds is 5. The standard InChI is InChI=1S/C20H14ClN5O3/c21-13-5-3-4-12(8-13)19(15-6-1-2-7-22-15)25-17-10-16-14(9-18(17)26(28)29)20(27)24-11-23-16/h1-11,19,25H,(H,23,24,27). The first kappa shape index (κ1) is 18.6. The van der Waals surface area contributed by atoms with Gasteiger partial charge in [-0.05, 0) is 35.9 Å². The van der Waals surface area contributed by atoms with E-state index in [1.54, 1.807) is 30.5 Å². The first-order chi connectivity index (χ1) is 14.0. The van der Waals surface area contributed by atoms with Crippen LogP contribution in [0.1, 0.15) is 17.3 Å². The van der Waals surface area contributed by atoms with Gasteiger partial charge in [-0.15, -0.1) is 0 Å². The lowest BCUT2D eigenvalue weighted by molar-refractivity contribution is -0.383. The molecule has 2 aromatic heterocycles. The molecule has 9 heteroatoms.